The maximum atomic E-state index is 6.08. The predicted octanol–water partition coefficient (Wildman–Crippen LogP) is 5.16. The van der Waals surface area contributed by atoms with E-state index in [9.17, 15) is 0 Å². The van der Waals surface area contributed by atoms with Crippen LogP contribution in [0.1, 0.15) is 38.7 Å². The topological polar surface area (TPSA) is 38.0 Å². The Bertz CT molecular complexity index is 547. The molecule has 1 atom stereocenters. The fourth-order valence-electron chi connectivity index (χ4n) is 2.51. The van der Waals surface area contributed by atoms with E-state index in [0.717, 1.165) is 17.1 Å². The standard InChI is InChI=1S/C18H24N2/c1-13(2)11-14(3)15-9-10-17(19)18(12-15)20-16-7-5-4-6-8-16/h4-10,12-14,20H,11,19H2,1-3H3. The smallest absolute Gasteiger partial charge is 0.0620 e. The summed E-state index contributed by atoms with van der Waals surface area (Å²) >= 11 is 0. The number of hydrogen-bond donors (Lipinski definition) is 2. The van der Waals surface area contributed by atoms with Crippen molar-refractivity contribution in [1.82, 2.24) is 0 Å². The molecule has 0 aliphatic carbocycles. The Morgan fingerprint density at radius 1 is 1.00 bits per heavy atom. The second-order valence-corrected chi connectivity index (χ2v) is 5.87. The monoisotopic (exact) mass is 268 g/mol. The lowest BCUT2D eigenvalue weighted by Crippen LogP contribution is -2.02. The number of rotatable bonds is 5. The molecule has 2 nitrogen and oxygen atoms in total. The first-order valence-corrected chi connectivity index (χ1v) is 7.27. The van der Waals surface area contributed by atoms with Gasteiger partial charge in [-0.3, -0.25) is 0 Å². The molecular formula is C18H24N2. The molecule has 0 aromatic heterocycles. The molecule has 20 heavy (non-hydrogen) atoms. The van der Waals surface area contributed by atoms with Gasteiger partial charge in [0.2, 0.25) is 0 Å². The zero-order valence-electron chi connectivity index (χ0n) is 12.6. The highest BCUT2D eigenvalue weighted by molar-refractivity contribution is 5.73. The van der Waals surface area contributed by atoms with Gasteiger partial charge in [0.05, 0.1) is 11.4 Å². The van der Waals surface area contributed by atoms with Gasteiger partial charge in [0.25, 0.3) is 0 Å². The van der Waals surface area contributed by atoms with Crippen LogP contribution in [0.2, 0.25) is 0 Å². The van der Waals surface area contributed by atoms with Crippen LogP contribution in [0.3, 0.4) is 0 Å². The van der Waals surface area contributed by atoms with Gasteiger partial charge in [-0.1, -0.05) is 45.0 Å². The first kappa shape index (κ1) is 14.4. The van der Waals surface area contributed by atoms with Crippen molar-refractivity contribution in [3.05, 3.63) is 54.1 Å². The van der Waals surface area contributed by atoms with Crippen molar-refractivity contribution in [3.8, 4) is 0 Å². The molecule has 0 aliphatic rings. The summed E-state index contributed by atoms with van der Waals surface area (Å²) in [7, 11) is 0. The Kier molecular flexibility index (Phi) is 4.67. The van der Waals surface area contributed by atoms with Crippen molar-refractivity contribution >= 4 is 17.1 Å². The number of nitrogens with one attached hydrogen (secondary N) is 1. The molecular weight excluding hydrogens is 244 g/mol. The Hall–Kier alpha value is -1.96. The third-order valence-electron chi connectivity index (χ3n) is 3.52. The van der Waals surface area contributed by atoms with Gasteiger partial charge in [-0.25, -0.2) is 0 Å². The number of nitrogen functional groups attached to an aromatic ring is 1. The van der Waals surface area contributed by atoms with E-state index in [-0.39, 0.29) is 0 Å². The SMILES string of the molecule is CC(C)CC(C)c1ccc(N)c(Nc2ccccc2)c1. The summed E-state index contributed by atoms with van der Waals surface area (Å²) in [5.41, 5.74) is 10.3. The van der Waals surface area contributed by atoms with Gasteiger partial charge in [-0.05, 0) is 48.1 Å². The average Bonchev–Trinajstić information content (AvgIpc) is 2.41. The molecule has 3 N–H and O–H groups in total. The molecule has 2 aromatic carbocycles. The van der Waals surface area contributed by atoms with Gasteiger partial charge < -0.3 is 11.1 Å². The second kappa shape index (κ2) is 6.47. The molecule has 2 rings (SSSR count). The number of benzene rings is 2. The molecule has 0 bridgehead atoms. The Labute approximate surface area is 122 Å². The van der Waals surface area contributed by atoms with Crippen molar-refractivity contribution in [1.29, 1.82) is 0 Å². The highest BCUT2D eigenvalue weighted by atomic mass is 14.9. The molecule has 0 fully saturated rings. The number of para-hydroxylation sites is 1. The van der Waals surface area contributed by atoms with Gasteiger partial charge >= 0.3 is 0 Å². The highest BCUT2D eigenvalue weighted by Crippen LogP contribution is 2.30. The lowest BCUT2D eigenvalue weighted by molar-refractivity contribution is 0.524. The van der Waals surface area contributed by atoms with Crippen molar-refractivity contribution in [2.45, 2.75) is 33.1 Å². The first-order valence-electron chi connectivity index (χ1n) is 7.27. The quantitative estimate of drug-likeness (QED) is 0.735. The van der Waals surface area contributed by atoms with Gasteiger partial charge in [-0.15, -0.1) is 0 Å². The molecule has 0 aliphatic heterocycles. The zero-order chi connectivity index (χ0) is 14.5. The third kappa shape index (κ3) is 3.77. The van der Waals surface area contributed by atoms with Gasteiger partial charge in [0.1, 0.15) is 0 Å². The van der Waals surface area contributed by atoms with Crippen LogP contribution in [0.15, 0.2) is 48.5 Å². The summed E-state index contributed by atoms with van der Waals surface area (Å²) in [6.07, 6.45) is 1.19. The summed E-state index contributed by atoms with van der Waals surface area (Å²) in [5.74, 6) is 1.25. The molecule has 0 saturated heterocycles. The molecule has 2 aromatic rings. The minimum Gasteiger partial charge on any atom is -0.397 e. The summed E-state index contributed by atoms with van der Waals surface area (Å²) in [5, 5.41) is 3.40. The van der Waals surface area contributed by atoms with Crippen LogP contribution in [-0.2, 0) is 0 Å². The fourth-order valence-corrected chi connectivity index (χ4v) is 2.51. The summed E-state index contributed by atoms with van der Waals surface area (Å²) in [4.78, 5) is 0. The van der Waals surface area contributed by atoms with Crippen molar-refractivity contribution in [2.75, 3.05) is 11.1 Å². The number of anilines is 3. The van der Waals surface area contributed by atoms with Crippen LogP contribution < -0.4 is 11.1 Å². The Morgan fingerprint density at radius 2 is 1.70 bits per heavy atom. The maximum absolute atomic E-state index is 6.08. The van der Waals surface area contributed by atoms with Crippen LogP contribution >= 0.6 is 0 Å². The van der Waals surface area contributed by atoms with Crippen LogP contribution in [0.4, 0.5) is 17.1 Å². The van der Waals surface area contributed by atoms with Crippen LogP contribution in [0, 0.1) is 5.92 Å². The molecule has 1 unspecified atom stereocenters. The summed E-state index contributed by atoms with van der Waals surface area (Å²) in [6, 6.07) is 16.4. The van der Waals surface area contributed by atoms with Gasteiger partial charge in [-0.2, -0.15) is 0 Å². The Morgan fingerprint density at radius 3 is 2.35 bits per heavy atom. The largest absolute Gasteiger partial charge is 0.397 e. The normalized spacial score (nSPS) is 12.4. The van der Waals surface area contributed by atoms with E-state index in [1.807, 2.05) is 36.4 Å². The summed E-state index contributed by atoms with van der Waals surface area (Å²) < 4.78 is 0. The molecule has 2 heteroatoms. The molecule has 106 valence electrons. The minimum atomic E-state index is 0.548. The predicted molar refractivity (Wildman–Crippen MR) is 88.4 cm³/mol. The fraction of sp³-hybridized carbons (Fsp3) is 0.333. The number of hydrogen-bond acceptors (Lipinski definition) is 2. The molecule has 0 heterocycles. The van der Waals surface area contributed by atoms with Crippen molar-refractivity contribution < 1.29 is 0 Å². The first-order chi connectivity index (χ1) is 9.56. The van der Waals surface area contributed by atoms with E-state index in [4.69, 9.17) is 5.73 Å². The average molecular weight is 268 g/mol. The Balaban J connectivity index is 2.20. The van der Waals surface area contributed by atoms with E-state index in [0.29, 0.717) is 11.8 Å². The van der Waals surface area contributed by atoms with E-state index in [2.05, 4.69) is 38.2 Å². The van der Waals surface area contributed by atoms with E-state index >= 15 is 0 Å². The van der Waals surface area contributed by atoms with Gasteiger partial charge in [0.15, 0.2) is 0 Å². The summed E-state index contributed by atoms with van der Waals surface area (Å²) in [6.45, 7) is 6.80. The van der Waals surface area contributed by atoms with Crippen molar-refractivity contribution in [3.63, 3.8) is 0 Å². The van der Waals surface area contributed by atoms with E-state index in [1.165, 1.54) is 12.0 Å². The van der Waals surface area contributed by atoms with E-state index < -0.39 is 0 Å². The molecule has 0 radical (unpaired) electrons. The minimum absolute atomic E-state index is 0.548. The van der Waals surface area contributed by atoms with E-state index in [1.54, 1.807) is 0 Å². The second-order valence-electron chi connectivity index (χ2n) is 5.87. The van der Waals surface area contributed by atoms with Crippen LogP contribution in [0.5, 0.6) is 0 Å². The maximum Gasteiger partial charge on any atom is 0.0620 e. The molecule has 0 spiro atoms. The lowest BCUT2D eigenvalue weighted by Gasteiger charge is -2.17. The van der Waals surface area contributed by atoms with Crippen molar-refractivity contribution in [2.24, 2.45) is 5.92 Å². The zero-order valence-corrected chi connectivity index (χ0v) is 12.6. The highest BCUT2D eigenvalue weighted by Gasteiger charge is 2.10. The van der Waals surface area contributed by atoms with Crippen LogP contribution in [0.25, 0.3) is 0 Å². The lowest BCUT2D eigenvalue weighted by atomic mass is 9.91. The molecule has 0 saturated carbocycles. The molecule has 0 amide bonds. The van der Waals surface area contributed by atoms with Crippen LogP contribution in [-0.4, -0.2) is 0 Å². The van der Waals surface area contributed by atoms with Gasteiger partial charge in [0, 0.05) is 5.69 Å². The third-order valence-corrected chi connectivity index (χ3v) is 3.52. The number of nitrogens with two attached hydrogens (primary N) is 1.